The molecular formula is C27H37F2N3O2P2. The summed E-state index contributed by atoms with van der Waals surface area (Å²) in [5.41, 5.74) is 2.64. The number of aromatic hydroxyl groups is 1. The van der Waals surface area contributed by atoms with Gasteiger partial charge in [0, 0.05) is 17.9 Å². The van der Waals surface area contributed by atoms with Gasteiger partial charge in [-0.1, -0.05) is 41.0 Å². The third-order valence-corrected chi connectivity index (χ3v) is 6.88. The smallest absolute Gasteiger partial charge is 0.232 e. The molecule has 3 rings (SSSR count). The monoisotopic (exact) mass is 535 g/mol. The normalized spacial score (nSPS) is 10.1. The van der Waals surface area contributed by atoms with E-state index in [1.165, 1.54) is 11.8 Å². The largest absolute Gasteiger partial charge is 0.508 e. The van der Waals surface area contributed by atoms with Crippen molar-refractivity contribution in [3.8, 4) is 17.0 Å². The van der Waals surface area contributed by atoms with Crippen LogP contribution in [0.25, 0.3) is 11.3 Å². The van der Waals surface area contributed by atoms with E-state index in [-0.39, 0.29) is 28.9 Å². The second kappa shape index (κ2) is 14.9. The van der Waals surface area contributed by atoms with Gasteiger partial charge in [-0.05, 0) is 54.0 Å². The predicted molar refractivity (Wildman–Crippen MR) is 153 cm³/mol. The van der Waals surface area contributed by atoms with Gasteiger partial charge in [0.15, 0.2) is 17.5 Å². The summed E-state index contributed by atoms with van der Waals surface area (Å²) in [4.78, 5) is 23.7. The van der Waals surface area contributed by atoms with Gasteiger partial charge in [-0.15, -0.1) is 18.5 Å². The van der Waals surface area contributed by atoms with Gasteiger partial charge in [-0.25, -0.2) is 18.7 Å². The molecule has 5 nitrogen and oxygen atoms in total. The highest BCUT2D eigenvalue weighted by atomic mass is 31.0. The highest BCUT2D eigenvalue weighted by Gasteiger charge is 2.23. The summed E-state index contributed by atoms with van der Waals surface area (Å²) in [5.74, 6) is -1.60. The maximum atomic E-state index is 14.2. The second-order valence-corrected chi connectivity index (χ2v) is 8.67. The van der Waals surface area contributed by atoms with Gasteiger partial charge in [-0.2, -0.15) is 0 Å². The fourth-order valence-corrected chi connectivity index (χ4v) is 4.14. The van der Waals surface area contributed by atoms with E-state index in [4.69, 9.17) is 4.98 Å². The molecule has 3 aromatic rings. The third-order valence-electron chi connectivity index (χ3n) is 5.32. The zero-order valence-corrected chi connectivity index (χ0v) is 24.4. The lowest BCUT2D eigenvalue weighted by atomic mass is 10.0. The van der Waals surface area contributed by atoms with Gasteiger partial charge in [0.2, 0.25) is 5.91 Å². The van der Waals surface area contributed by atoms with Crippen LogP contribution in [0.15, 0.2) is 30.5 Å². The summed E-state index contributed by atoms with van der Waals surface area (Å²) in [6.07, 6.45) is 2.89. The molecule has 0 saturated carbocycles. The highest BCUT2D eigenvalue weighted by Crippen LogP contribution is 2.25. The SMILES string of the molecule is CC.CC.CCCc1nc(-c2ccc(O)cc2)cnc1N(C)C(=O)Cc1c(C)c(F)c(F)c(P)c1P. The molecule has 0 spiro atoms. The van der Waals surface area contributed by atoms with Crippen LogP contribution in [0.2, 0.25) is 0 Å². The molecule has 9 heteroatoms. The number of likely N-dealkylation sites (N-methyl/N-ethyl adjacent to an activating group) is 1. The number of carbonyl (C=O) groups is 1. The molecule has 2 aromatic carbocycles. The molecule has 1 aromatic heterocycles. The van der Waals surface area contributed by atoms with Crippen molar-refractivity contribution in [1.82, 2.24) is 9.97 Å². The first-order valence-corrected chi connectivity index (χ1v) is 13.2. The maximum absolute atomic E-state index is 14.2. The fourth-order valence-electron chi connectivity index (χ4n) is 3.39. The van der Waals surface area contributed by atoms with Crippen molar-refractivity contribution in [3.05, 3.63) is 58.9 Å². The van der Waals surface area contributed by atoms with Crippen molar-refractivity contribution < 1.29 is 18.7 Å². The Kier molecular flexibility index (Phi) is 13.1. The van der Waals surface area contributed by atoms with Gasteiger partial charge >= 0.3 is 0 Å². The standard InChI is InChI=1S/C23H25F2N3O2P2.2C2H6/c1-4-5-16-23(26-11-17(27-16)13-6-8-14(29)9-7-13)28(3)18(30)10-15-12(2)19(24)20(25)22(32)21(15)31;2*1-2/h6-9,11,29H,4-5,10,31-32H2,1-3H3;2*1-2H3. The van der Waals surface area contributed by atoms with E-state index in [0.29, 0.717) is 34.5 Å². The number of nitrogens with zero attached hydrogens (tertiary/aromatic N) is 3. The number of benzene rings is 2. The molecule has 2 unspecified atom stereocenters. The number of halogens is 2. The number of hydrogen-bond donors (Lipinski definition) is 1. The number of anilines is 1. The first-order chi connectivity index (χ1) is 17.1. The van der Waals surface area contributed by atoms with Gasteiger partial charge < -0.3 is 5.11 Å². The first-order valence-electron chi connectivity index (χ1n) is 12.1. The average Bonchev–Trinajstić information content (AvgIpc) is 2.91. The van der Waals surface area contributed by atoms with Crippen LogP contribution in [0.5, 0.6) is 5.75 Å². The van der Waals surface area contributed by atoms with E-state index in [1.807, 2.05) is 34.6 Å². The number of hydrogen-bond acceptors (Lipinski definition) is 4. The molecule has 36 heavy (non-hydrogen) atoms. The molecule has 1 heterocycles. The van der Waals surface area contributed by atoms with Crippen molar-refractivity contribution >= 4 is 40.8 Å². The van der Waals surface area contributed by atoms with Gasteiger partial charge in [-0.3, -0.25) is 9.69 Å². The summed E-state index contributed by atoms with van der Waals surface area (Å²) in [6, 6.07) is 6.64. The quantitative estimate of drug-likeness (QED) is 0.415. The Morgan fingerprint density at radius 1 is 1.03 bits per heavy atom. The minimum Gasteiger partial charge on any atom is -0.508 e. The van der Waals surface area contributed by atoms with Gasteiger partial charge in [0.05, 0.1) is 24.0 Å². The van der Waals surface area contributed by atoms with E-state index in [2.05, 4.69) is 23.5 Å². The van der Waals surface area contributed by atoms with Crippen LogP contribution in [-0.4, -0.2) is 28.0 Å². The van der Waals surface area contributed by atoms with Crippen LogP contribution in [-0.2, 0) is 17.6 Å². The molecule has 1 N–H and O–H groups in total. The van der Waals surface area contributed by atoms with Crippen LogP contribution in [0.3, 0.4) is 0 Å². The van der Waals surface area contributed by atoms with Gasteiger partial charge in [0.25, 0.3) is 0 Å². The molecule has 2 atom stereocenters. The molecule has 1 amide bonds. The number of rotatable bonds is 6. The number of phenolic OH excluding ortho intramolecular Hbond substituents is 1. The van der Waals surface area contributed by atoms with Crippen LogP contribution in [0.4, 0.5) is 14.6 Å². The maximum Gasteiger partial charge on any atom is 0.232 e. The van der Waals surface area contributed by atoms with Crippen LogP contribution in [0, 0.1) is 18.6 Å². The lowest BCUT2D eigenvalue weighted by Crippen LogP contribution is -2.33. The van der Waals surface area contributed by atoms with Gasteiger partial charge in [0.1, 0.15) is 5.75 Å². The number of amides is 1. The molecular weight excluding hydrogens is 498 g/mol. The van der Waals surface area contributed by atoms with Crippen LogP contribution < -0.4 is 15.5 Å². The Morgan fingerprint density at radius 3 is 2.17 bits per heavy atom. The zero-order chi connectivity index (χ0) is 27.6. The summed E-state index contributed by atoms with van der Waals surface area (Å²) >= 11 is 0. The first kappa shape index (κ1) is 31.5. The molecule has 0 saturated heterocycles. The fraction of sp³-hybridized carbons (Fsp3) is 0.370. The summed E-state index contributed by atoms with van der Waals surface area (Å²) in [7, 11) is 6.18. The van der Waals surface area contributed by atoms with Crippen molar-refractivity contribution in [3.63, 3.8) is 0 Å². The number of aromatic nitrogens is 2. The van der Waals surface area contributed by atoms with Crippen molar-refractivity contribution in [2.75, 3.05) is 11.9 Å². The summed E-state index contributed by atoms with van der Waals surface area (Å²) < 4.78 is 28.2. The van der Waals surface area contributed by atoms with E-state index < -0.39 is 11.6 Å². The molecule has 0 radical (unpaired) electrons. The lowest BCUT2D eigenvalue weighted by Gasteiger charge is -2.21. The molecule has 0 aliphatic carbocycles. The Labute approximate surface area is 218 Å². The lowest BCUT2D eigenvalue weighted by molar-refractivity contribution is -0.117. The number of carbonyl (C=O) groups excluding carboxylic acids is 1. The minimum absolute atomic E-state index is 0.0910. The molecule has 0 fully saturated rings. The Bertz CT molecular complexity index is 1140. The van der Waals surface area contributed by atoms with Crippen molar-refractivity contribution in [1.29, 1.82) is 0 Å². The van der Waals surface area contributed by atoms with E-state index in [9.17, 15) is 18.7 Å². The average molecular weight is 536 g/mol. The summed E-state index contributed by atoms with van der Waals surface area (Å²) in [5, 5.41) is 10.0. The Balaban J connectivity index is 0.00000154. The topological polar surface area (TPSA) is 66.3 Å². The second-order valence-electron chi connectivity index (χ2n) is 7.51. The highest BCUT2D eigenvalue weighted by molar-refractivity contribution is 7.36. The van der Waals surface area contributed by atoms with Crippen LogP contribution >= 0.6 is 18.5 Å². The third kappa shape index (κ3) is 7.27. The Hall–Kier alpha value is -2.49. The molecule has 0 aliphatic rings. The zero-order valence-electron chi connectivity index (χ0n) is 22.1. The van der Waals surface area contributed by atoms with E-state index in [0.717, 1.165) is 12.0 Å². The van der Waals surface area contributed by atoms with E-state index >= 15 is 0 Å². The summed E-state index contributed by atoms with van der Waals surface area (Å²) in [6.45, 7) is 11.5. The number of aryl methyl sites for hydroxylation is 1. The number of phenols is 1. The van der Waals surface area contributed by atoms with Crippen molar-refractivity contribution in [2.45, 2.75) is 60.8 Å². The minimum atomic E-state index is -0.948. The van der Waals surface area contributed by atoms with E-state index in [1.54, 1.807) is 37.5 Å². The predicted octanol–water partition coefficient (Wildman–Crippen LogP) is 5.65. The molecule has 196 valence electrons. The molecule has 0 bridgehead atoms. The Morgan fingerprint density at radius 2 is 1.61 bits per heavy atom. The molecule has 0 aliphatic heterocycles. The van der Waals surface area contributed by atoms with Crippen LogP contribution in [0.1, 0.15) is 57.9 Å². The van der Waals surface area contributed by atoms with Crippen molar-refractivity contribution in [2.24, 2.45) is 0 Å².